The summed E-state index contributed by atoms with van der Waals surface area (Å²) in [6.45, 7) is 1.25. The van der Waals surface area contributed by atoms with E-state index in [-0.39, 0.29) is 11.9 Å². The van der Waals surface area contributed by atoms with Gasteiger partial charge in [0.1, 0.15) is 18.2 Å². The Hall–Kier alpha value is -2.20. The Labute approximate surface area is 130 Å². The van der Waals surface area contributed by atoms with Gasteiger partial charge in [-0.15, -0.1) is 0 Å². The highest BCUT2D eigenvalue weighted by Gasteiger charge is 2.22. The third kappa shape index (κ3) is 3.02. The van der Waals surface area contributed by atoms with Crippen molar-refractivity contribution in [3.05, 3.63) is 65.5 Å². The minimum Gasteiger partial charge on any atom is -0.491 e. The second-order valence-corrected chi connectivity index (χ2v) is 5.68. The van der Waals surface area contributed by atoms with Crippen molar-refractivity contribution >= 4 is 5.71 Å². The molecular weight excluding hydrogens is 279 g/mol. The van der Waals surface area contributed by atoms with Crippen molar-refractivity contribution in [1.82, 2.24) is 4.90 Å². The molecule has 1 aliphatic heterocycles. The molecule has 3 nitrogen and oxygen atoms in total. The number of nitrogens with zero attached hydrogens (tertiary/aromatic N) is 2. The van der Waals surface area contributed by atoms with Gasteiger partial charge in [-0.3, -0.25) is 4.99 Å². The smallest absolute Gasteiger partial charge is 0.132 e. The van der Waals surface area contributed by atoms with E-state index in [9.17, 15) is 4.39 Å². The number of fused-ring (bicyclic) bond motifs is 1. The Bertz CT molecular complexity index is 697. The molecule has 0 N–H and O–H groups in total. The number of benzene rings is 2. The van der Waals surface area contributed by atoms with Crippen molar-refractivity contribution in [3.63, 3.8) is 0 Å². The lowest BCUT2D eigenvalue weighted by Crippen LogP contribution is -2.29. The van der Waals surface area contributed by atoms with E-state index in [1.807, 2.05) is 44.4 Å². The molecule has 2 aromatic carbocycles. The quantitative estimate of drug-likeness (QED) is 0.870. The zero-order valence-corrected chi connectivity index (χ0v) is 12.8. The first kappa shape index (κ1) is 14.7. The number of ether oxygens (including phenoxy) is 1. The molecule has 1 heterocycles. The van der Waals surface area contributed by atoms with Crippen LogP contribution >= 0.6 is 0 Å². The molecule has 22 heavy (non-hydrogen) atoms. The lowest BCUT2D eigenvalue weighted by atomic mass is 10.0. The summed E-state index contributed by atoms with van der Waals surface area (Å²) in [4.78, 5) is 6.86. The van der Waals surface area contributed by atoms with E-state index in [0.29, 0.717) is 17.9 Å². The van der Waals surface area contributed by atoms with Crippen LogP contribution in [0.1, 0.15) is 11.1 Å². The number of hydrogen-bond acceptors (Lipinski definition) is 3. The van der Waals surface area contributed by atoms with Crippen LogP contribution in [0.3, 0.4) is 0 Å². The molecule has 0 fully saturated rings. The summed E-state index contributed by atoms with van der Waals surface area (Å²) >= 11 is 0. The predicted octanol–water partition coefficient (Wildman–Crippen LogP) is 2.99. The molecule has 0 amide bonds. The van der Waals surface area contributed by atoms with Crippen LogP contribution in [-0.4, -0.2) is 43.9 Å². The number of likely N-dealkylation sites (N-methyl/N-ethyl adjacent to an activating group) is 1. The molecule has 0 saturated heterocycles. The van der Waals surface area contributed by atoms with Gasteiger partial charge in [0.15, 0.2) is 0 Å². The molecule has 0 spiro atoms. The van der Waals surface area contributed by atoms with E-state index in [2.05, 4.69) is 4.90 Å². The van der Waals surface area contributed by atoms with Crippen LogP contribution in [0, 0.1) is 5.82 Å². The third-order valence-electron chi connectivity index (χ3n) is 3.59. The fraction of sp³-hybridized carbons (Fsp3) is 0.278. The summed E-state index contributed by atoms with van der Waals surface area (Å²) in [5.74, 6) is 0.493. The third-order valence-corrected chi connectivity index (χ3v) is 3.59. The average Bonchev–Trinajstić information content (AvgIpc) is 2.67. The van der Waals surface area contributed by atoms with Gasteiger partial charge in [-0.25, -0.2) is 4.39 Å². The molecule has 0 aliphatic carbocycles. The molecule has 114 valence electrons. The average molecular weight is 298 g/mol. The van der Waals surface area contributed by atoms with Crippen LogP contribution in [0.2, 0.25) is 0 Å². The van der Waals surface area contributed by atoms with Gasteiger partial charge in [0.05, 0.1) is 11.8 Å². The summed E-state index contributed by atoms with van der Waals surface area (Å²) in [5.41, 5.74) is 2.02. The number of rotatable bonds is 3. The van der Waals surface area contributed by atoms with Gasteiger partial charge < -0.3 is 9.64 Å². The number of aliphatic imine (C=N–C) groups is 1. The molecule has 0 aromatic heterocycles. The first-order valence-corrected chi connectivity index (χ1v) is 7.35. The Balaban J connectivity index is 2.11. The lowest BCUT2D eigenvalue weighted by molar-refractivity contribution is 0.258. The monoisotopic (exact) mass is 298 g/mol. The van der Waals surface area contributed by atoms with Gasteiger partial charge in [-0.1, -0.05) is 24.3 Å². The van der Waals surface area contributed by atoms with Crippen LogP contribution in [0.15, 0.2) is 53.5 Å². The number of para-hydroxylation sites is 1. The second kappa shape index (κ2) is 6.28. The van der Waals surface area contributed by atoms with Crippen LogP contribution in [0.5, 0.6) is 5.75 Å². The van der Waals surface area contributed by atoms with Gasteiger partial charge in [-0.05, 0) is 38.4 Å². The fourth-order valence-electron chi connectivity index (χ4n) is 2.65. The normalized spacial score (nSPS) is 17.5. The first-order chi connectivity index (χ1) is 10.6. The van der Waals surface area contributed by atoms with E-state index in [1.54, 1.807) is 12.1 Å². The summed E-state index contributed by atoms with van der Waals surface area (Å²) in [6, 6.07) is 14.4. The SMILES string of the molecule is CN(C)CC1COc2ccccc2C(c2ccccc2F)=N1. The molecule has 4 heteroatoms. The van der Waals surface area contributed by atoms with Crippen LogP contribution in [0.25, 0.3) is 0 Å². The molecule has 2 aromatic rings. The Morgan fingerprint density at radius 2 is 1.77 bits per heavy atom. The van der Waals surface area contributed by atoms with E-state index < -0.39 is 0 Å². The zero-order chi connectivity index (χ0) is 15.5. The standard InChI is InChI=1S/C18H19FN2O/c1-21(2)11-13-12-22-17-10-6-4-8-15(17)18(20-13)14-7-3-5-9-16(14)19/h3-10,13H,11-12H2,1-2H3. The van der Waals surface area contributed by atoms with Crippen LogP contribution in [0.4, 0.5) is 4.39 Å². The van der Waals surface area contributed by atoms with Crippen molar-refractivity contribution in [1.29, 1.82) is 0 Å². The molecule has 0 radical (unpaired) electrons. The van der Waals surface area contributed by atoms with E-state index in [1.165, 1.54) is 6.07 Å². The highest BCUT2D eigenvalue weighted by Crippen LogP contribution is 2.26. The van der Waals surface area contributed by atoms with Gasteiger partial charge in [0.25, 0.3) is 0 Å². The summed E-state index contributed by atoms with van der Waals surface area (Å²) in [7, 11) is 3.99. The summed E-state index contributed by atoms with van der Waals surface area (Å²) in [5, 5.41) is 0. The molecule has 1 atom stereocenters. The molecule has 1 aliphatic rings. The topological polar surface area (TPSA) is 24.8 Å². The Kier molecular flexibility index (Phi) is 4.20. The maximum atomic E-state index is 14.3. The highest BCUT2D eigenvalue weighted by atomic mass is 19.1. The van der Waals surface area contributed by atoms with Crippen molar-refractivity contribution in [2.75, 3.05) is 27.2 Å². The number of halogens is 1. The van der Waals surface area contributed by atoms with Crippen molar-refractivity contribution < 1.29 is 9.13 Å². The minimum absolute atomic E-state index is 0.0305. The van der Waals surface area contributed by atoms with Crippen molar-refractivity contribution in [3.8, 4) is 5.75 Å². The van der Waals surface area contributed by atoms with Crippen molar-refractivity contribution in [2.45, 2.75) is 6.04 Å². The Morgan fingerprint density at radius 3 is 2.50 bits per heavy atom. The van der Waals surface area contributed by atoms with Gasteiger partial charge in [0.2, 0.25) is 0 Å². The summed E-state index contributed by atoms with van der Waals surface area (Å²) < 4.78 is 20.1. The zero-order valence-electron chi connectivity index (χ0n) is 12.8. The minimum atomic E-state index is -0.262. The van der Waals surface area contributed by atoms with E-state index in [0.717, 1.165) is 17.9 Å². The summed E-state index contributed by atoms with van der Waals surface area (Å²) in [6.07, 6.45) is 0. The van der Waals surface area contributed by atoms with Crippen LogP contribution in [-0.2, 0) is 0 Å². The van der Waals surface area contributed by atoms with E-state index in [4.69, 9.17) is 9.73 Å². The molecule has 0 bridgehead atoms. The van der Waals surface area contributed by atoms with Crippen LogP contribution < -0.4 is 4.74 Å². The molecule has 1 unspecified atom stereocenters. The lowest BCUT2D eigenvalue weighted by Gasteiger charge is -2.16. The largest absolute Gasteiger partial charge is 0.491 e. The molecule has 3 rings (SSSR count). The van der Waals surface area contributed by atoms with Crippen molar-refractivity contribution in [2.24, 2.45) is 4.99 Å². The predicted molar refractivity (Wildman–Crippen MR) is 86.3 cm³/mol. The maximum Gasteiger partial charge on any atom is 0.132 e. The second-order valence-electron chi connectivity index (χ2n) is 5.68. The van der Waals surface area contributed by atoms with E-state index >= 15 is 0 Å². The Morgan fingerprint density at radius 1 is 1.09 bits per heavy atom. The molecule has 0 saturated carbocycles. The number of hydrogen-bond donors (Lipinski definition) is 0. The van der Waals surface area contributed by atoms with Gasteiger partial charge >= 0.3 is 0 Å². The first-order valence-electron chi connectivity index (χ1n) is 7.35. The van der Waals surface area contributed by atoms with Gasteiger partial charge in [-0.2, -0.15) is 0 Å². The molecular formula is C18H19FN2O. The maximum absolute atomic E-state index is 14.3. The van der Waals surface area contributed by atoms with Gasteiger partial charge in [0, 0.05) is 17.7 Å². The highest BCUT2D eigenvalue weighted by molar-refractivity contribution is 6.14. The fourth-order valence-corrected chi connectivity index (χ4v) is 2.65.